The molecule has 0 aliphatic heterocycles. The van der Waals surface area contributed by atoms with Gasteiger partial charge in [0, 0.05) is 12.2 Å². The average Bonchev–Trinajstić information content (AvgIpc) is 2.54. The molecular weight excluding hydrogens is 296 g/mol. The van der Waals surface area contributed by atoms with Gasteiger partial charge in [-0.2, -0.15) is 0 Å². The molecule has 0 saturated heterocycles. The van der Waals surface area contributed by atoms with Gasteiger partial charge in [-0.1, -0.05) is 45.6 Å². The zero-order chi connectivity index (χ0) is 17.5. The number of carbonyl (C=O) groups is 1. The van der Waals surface area contributed by atoms with Crippen LogP contribution in [-0.2, 0) is 19.0 Å². The van der Waals surface area contributed by atoms with Crippen LogP contribution >= 0.6 is 0 Å². The van der Waals surface area contributed by atoms with E-state index in [1.54, 1.807) is 6.92 Å². The lowest BCUT2D eigenvalue weighted by atomic mass is 9.95. The van der Waals surface area contributed by atoms with Gasteiger partial charge in [0.15, 0.2) is 0 Å². The Kier molecular flexibility index (Phi) is 14.1. The summed E-state index contributed by atoms with van der Waals surface area (Å²) in [5.41, 5.74) is 0.535. The van der Waals surface area contributed by atoms with Gasteiger partial charge in [-0.3, -0.25) is 0 Å². The number of aliphatic hydroxyl groups excluding tert-OH is 1. The van der Waals surface area contributed by atoms with Crippen molar-refractivity contribution in [2.24, 2.45) is 5.92 Å². The molecule has 0 amide bonds. The number of rotatable bonds is 14. The van der Waals surface area contributed by atoms with Crippen LogP contribution in [0.4, 0.5) is 0 Å². The smallest absolute Gasteiger partial charge is 0.335 e. The maximum absolute atomic E-state index is 11.9. The van der Waals surface area contributed by atoms with Crippen LogP contribution < -0.4 is 0 Å². The molecule has 0 aliphatic carbocycles. The van der Waals surface area contributed by atoms with Crippen molar-refractivity contribution in [1.82, 2.24) is 0 Å². The van der Waals surface area contributed by atoms with E-state index in [4.69, 9.17) is 14.2 Å². The Morgan fingerprint density at radius 3 is 2.48 bits per heavy atom. The molecule has 0 fully saturated rings. The number of allylic oxidation sites excluding steroid dienone is 1. The zero-order valence-electron chi connectivity index (χ0n) is 15.2. The summed E-state index contributed by atoms with van der Waals surface area (Å²) in [5.74, 6) is 0.112. The first-order valence-electron chi connectivity index (χ1n) is 8.76. The van der Waals surface area contributed by atoms with E-state index in [0.29, 0.717) is 31.3 Å². The number of hydrogen-bond acceptors (Lipinski definition) is 5. The first-order valence-corrected chi connectivity index (χ1v) is 8.76. The summed E-state index contributed by atoms with van der Waals surface area (Å²) >= 11 is 0. The molecule has 2 atom stereocenters. The summed E-state index contributed by atoms with van der Waals surface area (Å²) in [6, 6.07) is 0. The largest absolute Gasteiger partial charge is 0.430 e. The average molecular weight is 330 g/mol. The van der Waals surface area contributed by atoms with Gasteiger partial charge in [0.05, 0.1) is 13.2 Å². The molecule has 1 N–H and O–H groups in total. The molecule has 0 aromatic heterocycles. The molecule has 0 bridgehead atoms. The Morgan fingerprint density at radius 1 is 1.17 bits per heavy atom. The van der Waals surface area contributed by atoms with Crippen LogP contribution in [0.25, 0.3) is 0 Å². The van der Waals surface area contributed by atoms with Crippen LogP contribution in [-0.4, -0.2) is 43.8 Å². The summed E-state index contributed by atoms with van der Waals surface area (Å²) in [4.78, 5) is 11.9. The number of aliphatic hydroxyl groups is 1. The standard InChI is InChI=1S/C18H34O5/c1-5-8-9-16(6-2)11-10-15(4)18(20)23-17(19)14-22-13-12-21-7-3/h10,16-17,19H,5-9,11-14H2,1-4H3/b15-10+. The van der Waals surface area contributed by atoms with Crippen molar-refractivity contribution in [3.8, 4) is 0 Å². The van der Waals surface area contributed by atoms with Crippen molar-refractivity contribution < 1.29 is 24.1 Å². The van der Waals surface area contributed by atoms with E-state index in [0.717, 1.165) is 12.8 Å². The fourth-order valence-electron chi connectivity index (χ4n) is 2.11. The van der Waals surface area contributed by atoms with Crippen molar-refractivity contribution in [2.75, 3.05) is 26.4 Å². The number of ether oxygens (including phenoxy) is 3. The third-order valence-electron chi connectivity index (χ3n) is 3.70. The second-order valence-electron chi connectivity index (χ2n) is 5.67. The van der Waals surface area contributed by atoms with Crippen molar-refractivity contribution >= 4 is 5.97 Å². The van der Waals surface area contributed by atoms with E-state index in [1.165, 1.54) is 19.3 Å². The SMILES string of the molecule is CCCCC(CC)C/C=C(\C)C(=O)OC(O)COCCOCC. The zero-order valence-corrected chi connectivity index (χ0v) is 15.2. The van der Waals surface area contributed by atoms with Crippen LogP contribution in [0.3, 0.4) is 0 Å². The minimum absolute atomic E-state index is 0.0415. The fourth-order valence-corrected chi connectivity index (χ4v) is 2.11. The van der Waals surface area contributed by atoms with E-state index >= 15 is 0 Å². The maximum atomic E-state index is 11.9. The first kappa shape index (κ1) is 22.1. The number of hydrogen-bond donors (Lipinski definition) is 1. The number of carbonyl (C=O) groups excluding carboxylic acids is 1. The molecule has 5 heteroatoms. The van der Waals surface area contributed by atoms with E-state index in [9.17, 15) is 9.90 Å². The third-order valence-corrected chi connectivity index (χ3v) is 3.70. The normalized spacial score (nSPS) is 14.6. The molecule has 2 unspecified atom stereocenters. The molecule has 0 spiro atoms. The van der Waals surface area contributed by atoms with Crippen molar-refractivity contribution in [2.45, 2.75) is 66.1 Å². The fraction of sp³-hybridized carbons (Fsp3) is 0.833. The third kappa shape index (κ3) is 12.2. The summed E-state index contributed by atoms with van der Waals surface area (Å²) in [6.07, 6.45) is 6.24. The van der Waals surface area contributed by atoms with Crippen molar-refractivity contribution in [3.63, 3.8) is 0 Å². The van der Waals surface area contributed by atoms with Crippen LogP contribution in [0.5, 0.6) is 0 Å². The Morgan fingerprint density at radius 2 is 1.87 bits per heavy atom. The summed E-state index contributed by atoms with van der Waals surface area (Å²) in [7, 11) is 0. The molecular formula is C18H34O5. The second kappa shape index (κ2) is 14.7. The van der Waals surface area contributed by atoms with E-state index in [-0.39, 0.29) is 6.61 Å². The van der Waals surface area contributed by atoms with Crippen LogP contribution in [0, 0.1) is 5.92 Å². The van der Waals surface area contributed by atoms with E-state index < -0.39 is 12.3 Å². The first-order chi connectivity index (χ1) is 11.0. The summed E-state index contributed by atoms with van der Waals surface area (Å²) in [5, 5.41) is 9.63. The van der Waals surface area contributed by atoms with Gasteiger partial charge in [-0.25, -0.2) is 4.79 Å². The van der Waals surface area contributed by atoms with Gasteiger partial charge in [0.2, 0.25) is 6.29 Å². The second-order valence-corrected chi connectivity index (χ2v) is 5.67. The molecule has 5 nitrogen and oxygen atoms in total. The van der Waals surface area contributed by atoms with Crippen molar-refractivity contribution in [3.05, 3.63) is 11.6 Å². The Hall–Kier alpha value is -0.910. The molecule has 0 aromatic carbocycles. The van der Waals surface area contributed by atoms with E-state index in [1.807, 2.05) is 13.0 Å². The lowest BCUT2D eigenvalue weighted by Gasteiger charge is -2.14. The quantitative estimate of drug-likeness (QED) is 0.229. The predicted molar refractivity (Wildman–Crippen MR) is 91.1 cm³/mol. The maximum Gasteiger partial charge on any atom is 0.335 e. The Bertz CT molecular complexity index is 327. The lowest BCUT2D eigenvalue weighted by molar-refractivity contribution is -0.173. The predicted octanol–water partition coefficient (Wildman–Crippen LogP) is 3.45. The highest BCUT2D eigenvalue weighted by Crippen LogP contribution is 2.18. The van der Waals surface area contributed by atoms with Gasteiger partial charge < -0.3 is 19.3 Å². The lowest BCUT2D eigenvalue weighted by Crippen LogP contribution is -2.24. The number of esters is 1. The molecule has 0 aliphatic rings. The van der Waals surface area contributed by atoms with Crippen molar-refractivity contribution in [1.29, 1.82) is 0 Å². The van der Waals surface area contributed by atoms with Crippen LogP contribution in [0.1, 0.15) is 59.8 Å². The minimum Gasteiger partial charge on any atom is -0.430 e. The molecule has 0 aromatic rings. The molecule has 0 saturated carbocycles. The monoisotopic (exact) mass is 330 g/mol. The van der Waals surface area contributed by atoms with Gasteiger partial charge >= 0.3 is 5.97 Å². The van der Waals surface area contributed by atoms with E-state index in [2.05, 4.69) is 13.8 Å². The highest BCUT2D eigenvalue weighted by molar-refractivity contribution is 5.87. The minimum atomic E-state index is -1.24. The van der Waals surface area contributed by atoms with Gasteiger partial charge in [0.1, 0.15) is 6.61 Å². The molecule has 0 rings (SSSR count). The van der Waals surface area contributed by atoms with Gasteiger partial charge in [0.25, 0.3) is 0 Å². The van der Waals surface area contributed by atoms with Gasteiger partial charge in [-0.15, -0.1) is 0 Å². The highest BCUT2D eigenvalue weighted by atomic mass is 16.7. The highest BCUT2D eigenvalue weighted by Gasteiger charge is 2.13. The topological polar surface area (TPSA) is 65.0 Å². The van der Waals surface area contributed by atoms with Gasteiger partial charge in [-0.05, 0) is 26.2 Å². The molecule has 23 heavy (non-hydrogen) atoms. The Labute approximate surface area is 141 Å². The molecule has 0 heterocycles. The Balaban J connectivity index is 4.04. The van der Waals surface area contributed by atoms with Crippen LogP contribution in [0.15, 0.2) is 11.6 Å². The molecule has 0 radical (unpaired) electrons. The van der Waals surface area contributed by atoms with Crippen LogP contribution in [0.2, 0.25) is 0 Å². The molecule has 136 valence electrons. The number of unbranched alkanes of at least 4 members (excludes halogenated alkanes) is 1. The summed E-state index contributed by atoms with van der Waals surface area (Å²) < 4.78 is 15.2. The summed E-state index contributed by atoms with van der Waals surface area (Å²) in [6.45, 7) is 9.39.